The average molecular weight is 386 g/mol. The van der Waals surface area contributed by atoms with Crippen LogP contribution in [0.3, 0.4) is 0 Å². The summed E-state index contributed by atoms with van der Waals surface area (Å²) in [5, 5.41) is 10.9. The number of aliphatic hydroxyl groups is 1. The van der Waals surface area contributed by atoms with Gasteiger partial charge < -0.3 is 5.11 Å². The summed E-state index contributed by atoms with van der Waals surface area (Å²) in [6.45, 7) is 2.11. The Morgan fingerprint density at radius 1 is 1.47 bits per heavy atom. The van der Waals surface area contributed by atoms with Crippen LogP contribution in [-0.4, -0.2) is 27.1 Å². The summed E-state index contributed by atoms with van der Waals surface area (Å²) in [4.78, 5) is 0. The van der Waals surface area contributed by atoms with E-state index >= 15 is 0 Å². The second-order valence-corrected chi connectivity index (χ2v) is 8.23. The van der Waals surface area contributed by atoms with E-state index in [1.54, 1.807) is 23.9 Å². The van der Waals surface area contributed by atoms with E-state index in [1.807, 2.05) is 11.8 Å². The SMILES string of the molecule is CCC1SCCSC1C(O)c1ccc(Br)c(Cl)c1F. The summed E-state index contributed by atoms with van der Waals surface area (Å²) < 4.78 is 14.7. The number of rotatable bonds is 3. The summed E-state index contributed by atoms with van der Waals surface area (Å²) in [6, 6.07) is 3.30. The van der Waals surface area contributed by atoms with Crippen molar-refractivity contribution in [3.05, 3.63) is 33.0 Å². The van der Waals surface area contributed by atoms with Gasteiger partial charge in [0.1, 0.15) is 5.82 Å². The lowest BCUT2D eigenvalue weighted by molar-refractivity contribution is 0.167. The summed E-state index contributed by atoms with van der Waals surface area (Å²) in [5.41, 5.74) is 0.298. The maximum absolute atomic E-state index is 14.2. The first kappa shape index (κ1) is 16.0. The summed E-state index contributed by atoms with van der Waals surface area (Å²) in [7, 11) is 0. The fourth-order valence-electron chi connectivity index (χ4n) is 2.18. The van der Waals surface area contributed by atoms with Gasteiger partial charge in [-0.1, -0.05) is 24.6 Å². The third-order valence-corrected chi connectivity index (χ3v) is 7.78. The van der Waals surface area contributed by atoms with Crippen molar-refractivity contribution in [2.75, 3.05) is 11.5 Å². The first-order valence-corrected chi connectivity index (χ1v) is 9.37. The number of thioether (sulfide) groups is 2. The minimum atomic E-state index is -0.812. The van der Waals surface area contributed by atoms with Gasteiger partial charge in [0.15, 0.2) is 0 Å². The second-order valence-electron chi connectivity index (χ2n) is 4.36. The smallest absolute Gasteiger partial charge is 0.148 e. The number of aliphatic hydroxyl groups excluding tert-OH is 1. The predicted octanol–water partition coefficient (Wildman–Crippen LogP) is 4.90. The van der Waals surface area contributed by atoms with Crippen LogP contribution in [0.15, 0.2) is 16.6 Å². The molecule has 6 heteroatoms. The maximum Gasteiger partial charge on any atom is 0.148 e. The van der Waals surface area contributed by atoms with Crippen molar-refractivity contribution in [1.29, 1.82) is 0 Å². The molecule has 3 atom stereocenters. The number of hydrogen-bond donors (Lipinski definition) is 1. The molecule has 1 N–H and O–H groups in total. The Labute approximate surface area is 134 Å². The molecule has 0 radical (unpaired) electrons. The molecule has 0 spiro atoms. The monoisotopic (exact) mass is 384 g/mol. The van der Waals surface area contributed by atoms with Crippen LogP contribution in [0.4, 0.5) is 4.39 Å². The number of hydrogen-bond acceptors (Lipinski definition) is 3. The van der Waals surface area contributed by atoms with Crippen LogP contribution < -0.4 is 0 Å². The zero-order valence-corrected chi connectivity index (χ0v) is 14.4. The van der Waals surface area contributed by atoms with Crippen molar-refractivity contribution in [3.63, 3.8) is 0 Å². The first-order valence-electron chi connectivity index (χ1n) is 6.11. The highest BCUT2D eigenvalue weighted by atomic mass is 79.9. The highest BCUT2D eigenvalue weighted by Gasteiger charge is 2.33. The average Bonchev–Trinajstić information content (AvgIpc) is 2.44. The van der Waals surface area contributed by atoms with Crippen LogP contribution in [-0.2, 0) is 0 Å². The van der Waals surface area contributed by atoms with Crippen molar-refractivity contribution >= 4 is 51.1 Å². The van der Waals surface area contributed by atoms with Gasteiger partial charge in [0.2, 0.25) is 0 Å². The fourth-order valence-corrected chi connectivity index (χ4v) is 5.78. The van der Waals surface area contributed by atoms with Gasteiger partial charge in [0.05, 0.1) is 11.1 Å². The normalized spacial score (nSPS) is 25.3. The Kier molecular flexibility index (Phi) is 5.90. The minimum absolute atomic E-state index is 0.0236. The van der Waals surface area contributed by atoms with E-state index in [0.29, 0.717) is 15.3 Å². The Morgan fingerprint density at radius 2 is 2.16 bits per heavy atom. The number of benzene rings is 1. The van der Waals surface area contributed by atoms with E-state index in [-0.39, 0.29) is 10.3 Å². The first-order chi connectivity index (χ1) is 9.06. The van der Waals surface area contributed by atoms with Gasteiger partial charge in [-0.15, -0.1) is 0 Å². The van der Waals surface area contributed by atoms with Crippen molar-refractivity contribution in [3.8, 4) is 0 Å². The highest BCUT2D eigenvalue weighted by molar-refractivity contribution is 9.10. The largest absolute Gasteiger partial charge is 0.387 e. The van der Waals surface area contributed by atoms with Crippen LogP contribution in [0.5, 0.6) is 0 Å². The molecule has 1 aromatic carbocycles. The van der Waals surface area contributed by atoms with Gasteiger partial charge in [-0.05, 0) is 28.4 Å². The van der Waals surface area contributed by atoms with E-state index < -0.39 is 11.9 Å². The highest BCUT2D eigenvalue weighted by Crippen LogP contribution is 2.42. The molecule has 19 heavy (non-hydrogen) atoms. The maximum atomic E-state index is 14.2. The van der Waals surface area contributed by atoms with E-state index in [9.17, 15) is 9.50 Å². The summed E-state index contributed by atoms with van der Waals surface area (Å²) in [6.07, 6.45) is 0.166. The van der Waals surface area contributed by atoms with Crippen molar-refractivity contribution in [2.45, 2.75) is 29.9 Å². The lowest BCUT2D eigenvalue weighted by atomic mass is 10.0. The molecule has 1 heterocycles. The topological polar surface area (TPSA) is 20.2 Å². The molecular formula is C13H15BrClFOS2. The van der Waals surface area contributed by atoms with E-state index in [4.69, 9.17) is 11.6 Å². The zero-order valence-electron chi connectivity index (χ0n) is 10.4. The molecule has 106 valence electrons. The lowest BCUT2D eigenvalue weighted by Gasteiger charge is -2.33. The molecule has 1 fully saturated rings. The van der Waals surface area contributed by atoms with Crippen LogP contribution in [0.1, 0.15) is 25.0 Å². The zero-order chi connectivity index (χ0) is 14.0. The molecule has 3 unspecified atom stereocenters. The standard InChI is InChI=1S/C13H15BrClFOS2/c1-2-9-13(19-6-5-18-9)12(17)7-3-4-8(14)10(15)11(7)16/h3-4,9,12-13,17H,2,5-6H2,1H3. The Morgan fingerprint density at radius 3 is 2.84 bits per heavy atom. The van der Waals surface area contributed by atoms with E-state index in [2.05, 4.69) is 22.9 Å². The second kappa shape index (κ2) is 7.03. The summed E-state index contributed by atoms with van der Waals surface area (Å²) in [5.74, 6) is 1.57. The Balaban J connectivity index is 2.28. The van der Waals surface area contributed by atoms with Gasteiger partial charge in [0.25, 0.3) is 0 Å². The molecule has 0 bridgehead atoms. The van der Waals surface area contributed by atoms with Gasteiger partial charge >= 0.3 is 0 Å². The lowest BCUT2D eigenvalue weighted by Crippen LogP contribution is -2.31. The molecule has 1 aliphatic rings. The molecule has 0 aliphatic carbocycles. The molecule has 1 saturated heterocycles. The molecule has 2 rings (SSSR count). The van der Waals surface area contributed by atoms with E-state index in [0.717, 1.165) is 17.9 Å². The molecule has 0 amide bonds. The van der Waals surface area contributed by atoms with Crippen LogP contribution in [0.25, 0.3) is 0 Å². The van der Waals surface area contributed by atoms with Crippen molar-refractivity contribution in [1.82, 2.24) is 0 Å². The van der Waals surface area contributed by atoms with Gasteiger partial charge in [0, 0.05) is 32.0 Å². The Hall–Kier alpha value is 0.580. The minimum Gasteiger partial charge on any atom is -0.387 e. The third kappa shape index (κ3) is 3.43. The van der Waals surface area contributed by atoms with Gasteiger partial charge in [-0.25, -0.2) is 4.39 Å². The van der Waals surface area contributed by atoms with Crippen molar-refractivity contribution < 1.29 is 9.50 Å². The molecule has 1 aliphatic heterocycles. The molecular weight excluding hydrogens is 371 g/mol. The summed E-state index contributed by atoms with van der Waals surface area (Å²) >= 11 is 12.7. The van der Waals surface area contributed by atoms with Gasteiger partial charge in [-0.2, -0.15) is 23.5 Å². The molecule has 1 nitrogen and oxygen atoms in total. The van der Waals surface area contributed by atoms with Crippen molar-refractivity contribution in [2.24, 2.45) is 0 Å². The van der Waals surface area contributed by atoms with E-state index in [1.165, 1.54) is 0 Å². The van der Waals surface area contributed by atoms with Crippen LogP contribution >= 0.6 is 51.1 Å². The molecule has 1 aromatic rings. The molecule has 0 aromatic heterocycles. The third-order valence-electron chi connectivity index (χ3n) is 3.19. The van der Waals surface area contributed by atoms with Gasteiger partial charge in [-0.3, -0.25) is 0 Å². The predicted molar refractivity (Wildman–Crippen MR) is 86.9 cm³/mol. The fraction of sp³-hybridized carbons (Fsp3) is 0.538. The number of halogens is 3. The Bertz CT molecular complexity index is 461. The quantitative estimate of drug-likeness (QED) is 0.747. The van der Waals surface area contributed by atoms with Crippen LogP contribution in [0.2, 0.25) is 5.02 Å². The molecule has 0 saturated carbocycles. The van der Waals surface area contributed by atoms with Crippen LogP contribution in [0, 0.1) is 5.82 Å².